The summed E-state index contributed by atoms with van der Waals surface area (Å²) >= 11 is 0. The zero-order valence-electron chi connectivity index (χ0n) is 8.99. The molecule has 0 aromatic carbocycles. The topological polar surface area (TPSA) is 40.5 Å². The molecule has 3 heteroatoms. The number of hydrogen-bond acceptors (Lipinski definition) is 2. The monoisotopic (exact) mass is 197 g/mol. The van der Waals surface area contributed by atoms with E-state index in [-0.39, 0.29) is 5.54 Å². The summed E-state index contributed by atoms with van der Waals surface area (Å²) in [6.45, 7) is 0. The molecule has 2 rings (SSSR count). The average molecular weight is 197 g/mol. The molecule has 0 heterocycles. The fourth-order valence-corrected chi connectivity index (χ4v) is 3.60. The van der Waals surface area contributed by atoms with Gasteiger partial charge in [0.05, 0.1) is 6.42 Å². The van der Waals surface area contributed by atoms with Crippen LogP contribution in [0.15, 0.2) is 0 Å². The van der Waals surface area contributed by atoms with Crippen LogP contribution in [0.2, 0.25) is 0 Å². The molecular formula is C11H19NO2. The smallest absolute Gasteiger partial charge is 0.305 e. The number of fused-ring (bicyclic) bond motifs is 2. The SMILES string of the molecule is CN(C)C1(CC(=O)O)CC2CCC1C2. The lowest BCUT2D eigenvalue weighted by Gasteiger charge is -2.42. The summed E-state index contributed by atoms with van der Waals surface area (Å²) in [5.74, 6) is 0.770. The maximum atomic E-state index is 10.9. The van der Waals surface area contributed by atoms with E-state index in [1.807, 2.05) is 14.1 Å². The molecule has 3 atom stereocenters. The van der Waals surface area contributed by atoms with E-state index in [0.717, 1.165) is 12.3 Å². The van der Waals surface area contributed by atoms with Gasteiger partial charge in [-0.25, -0.2) is 0 Å². The maximum Gasteiger partial charge on any atom is 0.305 e. The van der Waals surface area contributed by atoms with Gasteiger partial charge in [0.2, 0.25) is 0 Å². The van der Waals surface area contributed by atoms with Crippen LogP contribution in [0.4, 0.5) is 0 Å². The zero-order valence-corrected chi connectivity index (χ0v) is 8.99. The first-order valence-corrected chi connectivity index (χ1v) is 5.44. The first-order chi connectivity index (χ1) is 6.54. The Morgan fingerprint density at radius 2 is 2.21 bits per heavy atom. The third kappa shape index (κ3) is 1.34. The van der Waals surface area contributed by atoms with Crippen LogP contribution in [-0.4, -0.2) is 35.6 Å². The van der Waals surface area contributed by atoms with Crippen LogP contribution < -0.4 is 0 Å². The van der Waals surface area contributed by atoms with Crippen LogP contribution in [0, 0.1) is 11.8 Å². The lowest BCUT2D eigenvalue weighted by Crippen LogP contribution is -2.50. The molecule has 14 heavy (non-hydrogen) atoms. The molecule has 3 unspecified atom stereocenters. The minimum Gasteiger partial charge on any atom is -0.481 e. The first-order valence-electron chi connectivity index (χ1n) is 5.44. The van der Waals surface area contributed by atoms with Crippen molar-refractivity contribution in [1.29, 1.82) is 0 Å². The van der Waals surface area contributed by atoms with Crippen molar-refractivity contribution in [3.8, 4) is 0 Å². The van der Waals surface area contributed by atoms with Gasteiger partial charge in [0.1, 0.15) is 0 Å². The summed E-state index contributed by atoms with van der Waals surface area (Å²) in [6, 6.07) is 0. The quantitative estimate of drug-likeness (QED) is 0.746. The van der Waals surface area contributed by atoms with E-state index in [2.05, 4.69) is 4.90 Å². The van der Waals surface area contributed by atoms with Gasteiger partial charge >= 0.3 is 5.97 Å². The second kappa shape index (κ2) is 3.23. The van der Waals surface area contributed by atoms with E-state index in [1.54, 1.807) is 0 Å². The molecular weight excluding hydrogens is 178 g/mol. The van der Waals surface area contributed by atoms with Crippen molar-refractivity contribution < 1.29 is 9.90 Å². The number of carboxylic acids is 1. The number of nitrogens with zero attached hydrogens (tertiary/aromatic N) is 1. The molecule has 2 fully saturated rings. The van der Waals surface area contributed by atoms with Gasteiger partial charge in [0, 0.05) is 5.54 Å². The van der Waals surface area contributed by atoms with E-state index < -0.39 is 5.97 Å². The molecule has 1 N–H and O–H groups in total. The van der Waals surface area contributed by atoms with Crippen LogP contribution in [0.25, 0.3) is 0 Å². The van der Waals surface area contributed by atoms with Crippen molar-refractivity contribution in [1.82, 2.24) is 4.90 Å². The van der Waals surface area contributed by atoms with Crippen molar-refractivity contribution in [2.45, 2.75) is 37.6 Å². The van der Waals surface area contributed by atoms with Gasteiger partial charge in [-0.2, -0.15) is 0 Å². The fourth-order valence-electron chi connectivity index (χ4n) is 3.60. The van der Waals surface area contributed by atoms with E-state index >= 15 is 0 Å². The van der Waals surface area contributed by atoms with Gasteiger partial charge < -0.3 is 10.0 Å². The molecule has 2 saturated carbocycles. The summed E-state index contributed by atoms with van der Waals surface area (Å²) in [6.07, 6.45) is 5.22. The highest BCUT2D eigenvalue weighted by molar-refractivity contribution is 5.68. The molecule has 0 aromatic rings. The number of carbonyl (C=O) groups is 1. The van der Waals surface area contributed by atoms with Crippen LogP contribution in [0.5, 0.6) is 0 Å². The van der Waals surface area contributed by atoms with Crippen molar-refractivity contribution in [3.05, 3.63) is 0 Å². The highest BCUT2D eigenvalue weighted by Crippen LogP contribution is 2.54. The summed E-state index contributed by atoms with van der Waals surface area (Å²) < 4.78 is 0. The first kappa shape index (κ1) is 9.97. The van der Waals surface area contributed by atoms with Crippen molar-refractivity contribution in [3.63, 3.8) is 0 Å². The van der Waals surface area contributed by atoms with Gasteiger partial charge in [0.15, 0.2) is 0 Å². The second-order valence-corrected chi connectivity index (χ2v) is 5.15. The number of rotatable bonds is 3. The van der Waals surface area contributed by atoms with Gasteiger partial charge in [0.25, 0.3) is 0 Å². The predicted octanol–water partition coefficient (Wildman–Crippen LogP) is 1.58. The summed E-state index contributed by atoms with van der Waals surface area (Å²) in [4.78, 5) is 13.1. The van der Waals surface area contributed by atoms with Gasteiger partial charge in [-0.1, -0.05) is 6.42 Å². The van der Waals surface area contributed by atoms with Crippen LogP contribution in [0.3, 0.4) is 0 Å². The highest BCUT2D eigenvalue weighted by atomic mass is 16.4. The van der Waals surface area contributed by atoms with Gasteiger partial charge in [-0.05, 0) is 45.2 Å². The third-order valence-corrected chi connectivity index (χ3v) is 4.29. The summed E-state index contributed by atoms with van der Waals surface area (Å²) in [5, 5.41) is 8.99. The Kier molecular flexibility index (Phi) is 2.30. The molecule has 0 radical (unpaired) electrons. The predicted molar refractivity (Wildman–Crippen MR) is 54.1 cm³/mol. The largest absolute Gasteiger partial charge is 0.481 e. The highest BCUT2D eigenvalue weighted by Gasteiger charge is 2.53. The normalized spacial score (nSPS) is 40.8. The minimum absolute atomic E-state index is 0.0330. The van der Waals surface area contributed by atoms with Crippen LogP contribution >= 0.6 is 0 Å². The average Bonchev–Trinajstić information content (AvgIpc) is 2.61. The minimum atomic E-state index is -0.647. The molecule has 0 aromatic heterocycles. The lowest BCUT2D eigenvalue weighted by atomic mass is 9.77. The van der Waals surface area contributed by atoms with Crippen LogP contribution in [0.1, 0.15) is 32.1 Å². The Balaban J connectivity index is 2.19. The van der Waals surface area contributed by atoms with Gasteiger partial charge in [-0.3, -0.25) is 4.79 Å². The Hall–Kier alpha value is -0.570. The van der Waals surface area contributed by atoms with E-state index in [4.69, 9.17) is 5.11 Å². The zero-order chi connectivity index (χ0) is 10.3. The third-order valence-electron chi connectivity index (χ3n) is 4.29. The molecule has 2 bridgehead atoms. The molecule has 0 amide bonds. The number of hydrogen-bond donors (Lipinski definition) is 1. The van der Waals surface area contributed by atoms with Crippen LogP contribution in [-0.2, 0) is 4.79 Å². The van der Waals surface area contributed by atoms with Crippen molar-refractivity contribution in [2.24, 2.45) is 11.8 Å². The van der Waals surface area contributed by atoms with Gasteiger partial charge in [-0.15, -0.1) is 0 Å². The molecule has 2 aliphatic carbocycles. The molecule has 2 aliphatic rings. The standard InChI is InChI=1S/C11H19NO2/c1-12(2)11(7-10(13)14)6-8-3-4-9(11)5-8/h8-9H,3-7H2,1-2H3,(H,13,14). The molecule has 0 spiro atoms. The number of carboxylic acid groups (broad SMARTS) is 1. The Morgan fingerprint density at radius 1 is 1.50 bits per heavy atom. The fraction of sp³-hybridized carbons (Fsp3) is 0.909. The molecule has 0 saturated heterocycles. The summed E-state index contributed by atoms with van der Waals surface area (Å²) in [7, 11) is 4.06. The summed E-state index contributed by atoms with van der Waals surface area (Å²) in [5.41, 5.74) is -0.0330. The molecule has 0 aliphatic heterocycles. The number of aliphatic carboxylic acids is 1. The van der Waals surface area contributed by atoms with E-state index in [9.17, 15) is 4.79 Å². The van der Waals surface area contributed by atoms with E-state index in [1.165, 1.54) is 19.3 Å². The molecule has 3 nitrogen and oxygen atoms in total. The van der Waals surface area contributed by atoms with Crippen molar-refractivity contribution in [2.75, 3.05) is 14.1 Å². The second-order valence-electron chi connectivity index (χ2n) is 5.15. The maximum absolute atomic E-state index is 10.9. The Bertz CT molecular complexity index is 252. The Labute approximate surface area is 85.1 Å². The van der Waals surface area contributed by atoms with Crippen molar-refractivity contribution >= 4 is 5.97 Å². The molecule has 80 valence electrons. The Morgan fingerprint density at radius 3 is 2.57 bits per heavy atom. The van der Waals surface area contributed by atoms with E-state index in [0.29, 0.717) is 12.3 Å². The lowest BCUT2D eigenvalue weighted by molar-refractivity contribution is -0.141.